The predicted octanol–water partition coefficient (Wildman–Crippen LogP) is 2.10. The van der Waals surface area contributed by atoms with Crippen LogP contribution in [0.5, 0.6) is 0 Å². The normalized spacial score (nSPS) is 31.4. The highest BCUT2D eigenvalue weighted by Crippen LogP contribution is 2.53. The van der Waals surface area contributed by atoms with Crippen LogP contribution in [0.3, 0.4) is 0 Å². The maximum Gasteiger partial charge on any atom is 0.328 e. The smallest absolute Gasteiger partial charge is 0.328 e. The minimum absolute atomic E-state index is 0.129. The molecule has 3 aliphatic rings. The fourth-order valence-corrected chi connectivity index (χ4v) is 4.09. The van der Waals surface area contributed by atoms with Crippen molar-refractivity contribution < 1.29 is 19.5 Å². The maximum absolute atomic E-state index is 12.7. The average molecular weight is 309 g/mol. The van der Waals surface area contributed by atoms with E-state index >= 15 is 0 Å². The molecule has 1 aliphatic heterocycles. The molecule has 23 heavy (non-hydrogen) atoms. The Hall–Kier alpha value is -2.69. The Bertz CT molecular complexity index is 749. The number of carboxylic acid groups (broad SMARTS) is 1. The molecule has 1 heterocycles. The zero-order valence-electron chi connectivity index (χ0n) is 12.3. The number of anilines is 1. The molecule has 2 bridgehead atoms. The number of aliphatic carboxylic acids is 1. The number of carbonyl (C=O) groups is 3. The Morgan fingerprint density at radius 2 is 1.78 bits per heavy atom. The number of nitrogens with zero attached hydrogens (tertiary/aromatic N) is 1. The summed E-state index contributed by atoms with van der Waals surface area (Å²) in [6.07, 6.45) is 7.51. The second-order valence-corrected chi connectivity index (χ2v) is 6.28. The quantitative estimate of drug-likeness (QED) is 0.527. The molecule has 0 aromatic heterocycles. The van der Waals surface area contributed by atoms with E-state index in [2.05, 4.69) is 12.2 Å². The second-order valence-electron chi connectivity index (χ2n) is 6.28. The summed E-state index contributed by atoms with van der Waals surface area (Å²) in [5.41, 5.74) is 1.16. The summed E-state index contributed by atoms with van der Waals surface area (Å²) in [5.74, 6) is -1.39. The van der Waals surface area contributed by atoms with E-state index in [-0.39, 0.29) is 35.5 Å². The van der Waals surface area contributed by atoms with Gasteiger partial charge in [-0.2, -0.15) is 0 Å². The lowest BCUT2D eigenvalue weighted by molar-refractivity contribution is -0.131. The molecule has 5 nitrogen and oxygen atoms in total. The Morgan fingerprint density at radius 3 is 2.39 bits per heavy atom. The first kappa shape index (κ1) is 13.9. The lowest BCUT2D eigenvalue weighted by Gasteiger charge is -2.17. The number of amides is 2. The minimum Gasteiger partial charge on any atom is -0.478 e. The summed E-state index contributed by atoms with van der Waals surface area (Å²) >= 11 is 0. The number of carboxylic acids is 1. The zero-order valence-corrected chi connectivity index (χ0v) is 12.3. The zero-order chi connectivity index (χ0) is 16.1. The molecule has 4 atom stereocenters. The number of imide groups is 1. The second kappa shape index (κ2) is 4.91. The lowest BCUT2D eigenvalue weighted by atomic mass is 9.85. The highest BCUT2D eigenvalue weighted by atomic mass is 16.4. The van der Waals surface area contributed by atoms with Crippen molar-refractivity contribution in [1.29, 1.82) is 0 Å². The van der Waals surface area contributed by atoms with E-state index in [9.17, 15) is 14.4 Å². The third-order valence-electron chi connectivity index (χ3n) is 5.02. The molecule has 5 heteroatoms. The van der Waals surface area contributed by atoms with Crippen LogP contribution in [0.4, 0.5) is 5.69 Å². The molecule has 1 N–H and O–H groups in total. The molecule has 2 aliphatic carbocycles. The SMILES string of the molecule is O=C(O)/C=C/c1cccc(N2C(=O)[C@@H]3[C@H](C2=O)[C@@H]2C=C[C@H]3C2)c1. The summed E-state index contributed by atoms with van der Waals surface area (Å²) in [6, 6.07) is 6.84. The van der Waals surface area contributed by atoms with E-state index in [1.54, 1.807) is 24.3 Å². The van der Waals surface area contributed by atoms with Crippen LogP contribution in [0.15, 0.2) is 42.5 Å². The first-order valence-electron chi connectivity index (χ1n) is 7.63. The van der Waals surface area contributed by atoms with Crippen LogP contribution >= 0.6 is 0 Å². The fraction of sp³-hybridized carbons (Fsp3) is 0.278. The monoisotopic (exact) mass is 309 g/mol. The molecule has 2 fully saturated rings. The number of allylic oxidation sites excluding steroid dienone is 2. The summed E-state index contributed by atoms with van der Waals surface area (Å²) in [4.78, 5) is 37.3. The van der Waals surface area contributed by atoms with Crippen LogP contribution in [0.2, 0.25) is 0 Å². The summed E-state index contributed by atoms with van der Waals surface area (Å²) in [7, 11) is 0. The van der Waals surface area contributed by atoms with Gasteiger partial charge in [0.2, 0.25) is 11.8 Å². The van der Waals surface area contributed by atoms with Crippen LogP contribution in [-0.4, -0.2) is 22.9 Å². The molecule has 0 spiro atoms. The van der Waals surface area contributed by atoms with E-state index < -0.39 is 5.97 Å². The summed E-state index contributed by atoms with van der Waals surface area (Å²) in [5, 5.41) is 8.70. The minimum atomic E-state index is -1.04. The highest BCUT2D eigenvalue weighted by Gasteiger charge is 2.59. The Kier molecular flexibility index (Phi) is 2.98. The largest absolute Gasteiger partial charge is 0.478 e. The third-order valence-corrected chi connectivity index (χ3v) is 5.02. The van der Waals surface area contributed by atoms with Gasteiger partial charge in [0, 0.05) is 6.08 Å². The predicted molar refractivity (Wildman–Crippen MR) is 83.3 cm³/mol. The van der Waals surface area contributed by atoms with Gasteiger partial charge in [-0.25, -0.2) is 9.69 Å². The summed E-state index contributed by atoms with van der Waals surface area (Å²) < 4.78 is 0. The van der Waals surface area contributed by atoms with Crippen LogP contribution in [0.1, 0.15) is 12.0 Å². The van der Waals surface area contributed by atoms with Gasteiger partial charge in [0.25, 0.3) is 0 Å². The molecule has 1 saturated carbocycles. The standard InChI is InChI=1S/C18H15NO4/c20-14(21)7-4-10-2-1-3-13(8-10)19-17(22)15-11-5-6-12(9-11)16(15)18(19)23/h1-8,11-12,15-16H,9H2,(H,20,21)/b7-4+/t11-,12+,15-,16+. The molecule has 0 unspecified atom stereocenters. The summed E-state index contributed by atoms with van der Waals surface area (Å²) in [6.45, 7) is 0. The van der Waals surface area contributed by atoms with E-state index in [1.165, 1.54) is 11.0 Å². The Morgan fingerprint density at radius 1 is 1.13 bits per heavy atom. The van der Waals surface area contributed by atoms with Crippen molar-refractivity contribution in [3.63, 3.8) is 0 Å². The first-order valence-corrected chi connectivity index (χ1v) is 7.63. The van der Waals surface area contributed by atoms with Crippen molar-refractivity contribution in [2.75, 3.05) is 4.90 Å². The number of carbonyl (C=O) groups excluding carboxylic acids is 2. The Balaban J connectivity index is 1.67. The molecule has 2 amide bonds. The van der Waals surface area contributed by atoms with Gasteiger partial charge in [-0.15, -0.1) is 0 Å². The molecule has 0 radical (unpaired) electrons. The van der Waals surface area contributed by atoms with Crippen LogP contribution in [0, 0.1) is 23.7 Å². The van der Waals surface area contributed by atoms with Crippen molar-refractivity contribution in [3.05, 3.63) is 48.1 Å². The van der Waals surface area contributed by atoms with Gasteiger partial charge in [0.1, 0.15) is 0 Å². The van der Waals surface area contributed by atoms with E-state index in [0.717, 1.165) is 12.5 Å². The van der Waals surface area contributed by atoms with Gasteiger partial charge in [-0.3, -0.25) is 9.59 Å². The van der Waals surface area contributed by atoms with Crippen molar-refractivity contribution in [3.8, 4) is 0 Å². The van der Waals surface area contributed by atoms with Crippen molar-refractivity contribution in [2.45, 2.75) is 6.42 Å². The molecule has 1 aromatic carbocycles. The van der Waals surface area contributed by atoms with Crippen molar-refractivity contribution in [2.24, 2.45) is 23.7 Å². The fourth-order valence-electron chi connectivity index (χ4n) is 4.09. The van der Waals surface area contributed by atoms with Gasteiger partial charge in [0.05, 0.1) is 17.5 Å². The van der Waals surface area contributed by atoms with Crippen LogP contribution in [-0.2, 0) is 14.4 Å². The Labute approximate surface area is 132 Å². The molecule has 116 valence electrons. The van der Waals surface area contributed by atoms with E-state index in [4.69, 9.17) is 5.11 Å². The van der Waals surface area contributed by atoms with Crippen LogP contribution < -0.4 is 4.90 Å². The number of fused-ring (bicyclic) bond motifs is 5. The lowest BCUT2D eigenvalue weighted by Crippen LogP contribution is -2.32. The molecular formula is C18H15NO4. The van der Waals surface area contributed by atoms with Gasteiger partial charge in [-0.1, -0.05) is 24.3 Å². The van der Waals surface area contributed by atoms with Gasteiger partial charge >= 0.3 is 5.97 Å². The number of hydrogen-bond donors (Lipinski definition) is 1. The van der Waals surface area contributed by atoms with Gasteiger partial charge < -0.3 is 5.11 Å². The topological polar surface area (TPSA) is 74.7 Å². The highest BCUT2D eigenvalue weighted by molar-refractivity contribution is 6.22. The number of benzene rings is 1. The van der Waals surface area contributed by atoms with Crippen LogP contribution in [0.25, 0.3) is 6.08 Å². The molecule has 4 rings (SSSR count). The molecule has 1 aromatic rings. The van der Waals surface area contributed by atoms with Gasteiger partial charge in [-0.05, 0) is 42.0 Å². The first-order chi connectivity index (χ1) is 11.1. The molecular weight excluding hydrogens is 294 g/mol. The van der Waals surface area contributed by atoms with E-state index in [0.29, 0.717) is 11.3 Å². The van der Waals surface area contributed by atoms with Crippen molar-refractivity contribution in [1.82, 2.24) is 0 Å². The number of rotatable bonds is 3. The third kappa shape index (κ3) is 2.04. The van der Waals surface area contributed by atoms with Gasteiger partial charge in [0.15, 0.2) is 0 Å². The molecule has 1 saturated heterocycles. The number of hydrogen-bond acceptors (Lipinski definition) is 3. The maximum atomic E-state index is 12.7. The van der Waals surface area contributed by atoms with E-state index in [1.807, 2.05) is 0 Å². The van der Waals surface area contributed by atoms with Crippen molar-refractivity contribution >= 4 is 29.5 Å². The average Bonchev–Trinajstić information content (AvgIpc) is 3.20.